The lowest BCUT2D eigenvalue weighted by molar-refractivity contribution is -0.140. The van der Waals surface area contributed by atoms with E-state index in [0.29, 0.717) is 12.1 Å². The van der Waals surface area contributed by atoms with Crippen LogP contribution in [0.2, 0.25) is 0 Å². The van der Waals surface area contributed by atoms with Gasteiger partial charge in [-0.2, -0.15) is 0 Å². The molecule has 0 radical (unpaired) electrons. The van der Waals surface area contributed by atoms with Crippen LogP contribution >= 0.6 is 0 Å². The van der Waals surface area contributed by atoms with E-state index in [9.17, 15) is 18.0 Å². The Morgan fingerprint density at radius 1 is 0.830 bits per heavy atom. The molecule has 2 atom stereocenters. The second-order valence-corrected chi connectivity index (χ2v) is 16.5. The SMILES string of the molecule is CC[C@H](C)NC(=O)[C@H](Cc1ccccc1)N(Cc1ccccc1)C(=O)CN(c1ccc(C23CC4CC(CC(C4)C2)C3)cc1)S(C)(=O)=O. The topological polar surface area (TPSA) is 86.8 Å². The van der Waals surface area contributed by atoms with Gasteiger partial charge >= 0.3 is 0 Å². The van der Waals surface area contributed by atoms with Gasteiger partial charge < -0.3 is 10.2 Å². The number of hydrogen-bond donors (Lipinski definition) is 1. The Labute approximate surface area is 280 Å². The molecule has 2 amide bonds. The number of nitrogens with one attached hydrogen (secondary N) is 1. The van der Waals surface area contributed by atoms with E-state index in [4.69, 9.17) is 0 Å². The summed E-state index contributed by atoms with van der Waals surface area (Å²) in [5, 5.41) is 3.08. The maximum atomic E-state index is 14.4. The van der Waals surface area contributed by atoms with Crippen molar-refractivity contribution < 1.29 is 18.0 Å². The van der Waals surface area contributed by atoms with E-state index in [1.807, 2.05) is 86.6 Å². The summed E-state index contributed by atoms with van der Waals surface area (Å²) in [5.74, 6) is 1.75. The number of benzene rings is 3. The van der Waals surface area contributed by atoms with Crippen molar-refractivity contribution in [2.24, 2.45) is 17.8 Å². The van der Waals surface area contributed by atoms with Crippen LogP contribution < -0.4 is 9.62 Å². The molecule has 4 aliphatic rings. The van der Waals surface area contributed by atoms with Gasteiger partial charge in [-0.15, -0.1) is 0 Å². The van der Waals surface area contributed by atoms with Crippen LogP contribution in [0.4, 0.5) is 5.69 Å². The third-order valence-electron chi connectivity index (χ3n) is 11.0. The largest absolute Gasteiger partial charge is 0.352 e. The summed E-state index contributed by atoms with van der Waals surface area (Å²) in [6, 6.07) is 26.2. The van der Waals surface area contributed by atoms with Gasteiger partial charge in [0.2, 0.25) is 21.8 Å². The second kappa shape index (κ2) is 13.8. The van der Waals surface area contributed by atoms with Gasteiger partial charge in [0.15, 0.2) is 0 Å². The summed E-state index contributed by atoms with van der Waals surface area (Å²) in [6.07, 6.45) is 9.96. The van der Waals surface area contributed by atoms with Crippen LogP contribution in [0, 0.1) is 17.8 Å². The number of rotatable bonds is 13. The monoisotopic (exact) mass is 655 g/mol. The van der Waals surface area contributed by atoms with Gasteiger partial charge in [-0.05, 0) is 104 Å². The third-order valence-corrected chi connectivity index (χ3v) is 12.1. The average molecular weight is 656 g/mol. The van der Waals surface area contributed by atoms with Crippen molar-refractivity contribution in [3.8, 4) is 0 Å². The summed E-state index contributed by atoms with van der Waals surface area (Å²) in [5.41, 5.74) is 3.75. The highest BCUT2D eigenvalue weighted by Gasteiger charge is 2.51. The molecule has 1 N–H and O–H groups in total. The molecule has 4 fully saturated rings. The van der Waals surface area contributed by atoms with E-state index >= 15 is 0 Å². The van der Waals surface area contributed by atoms with E-state index in [0.717, 1.165) is 41.6 Å². The van der Waals surface area contributed by atoms with E-state index in [1.54, 1.807) is 4.90 Å². The number of sulfonamides is 1. The van der Waals surface area contributed by atoms with Gasteiger partial charge in [0.05, 0.1) is 11.9 Å². The number of amides is 2. The molecule has 4 aliphatic carbocycles. The van der Waals surface area contributed by atoms with Gasteiger partial charge in [0.1, 0.15) is 12.6 Å². The summed E-state index contributed by atoms with van der Waals surface area (Å²) < 4.78 is 27.8. The van der Waals surface area contributed by atoms with Crippen LogP contribution in [0.5, 0.6) is 0 Å². The first-order valence-electron chi connectivity index (χ1n) is 17.3. The first-order chi connectivity index (χ1) is 22.5. The molecule has 8 heteroatoms. The highest BCUT2D eigenvalue weighted by molar-refractivity contribution is 7.92. The van der Waals surface area contributed by atoms with Crippen molar-refractivity contribution in [2.45, 2.75) is 89.3 Å². The molecule has 4 saturated carbocycles. The predicted octanol–water partition coefficient (Wildman–Crippen LogP) is 6.48. The molecule has 3 aromatic rings. The minimum Gasteiger partial charge on any atom is -0.352 e. The Morgan fingerprint density at radius 3 is 1.87 bits per heavy atom. The molecular weight excluding hydrogens is 607 g/mol. The normalized spacial score (nSPS) is 24.4. The van der Waals surface area contributed by atoms with Crippen LogP contribution in [-0.4, -0.2) is 50.0 Å². The summed E-state index contributed by atoms with van der Waals surface area (Å²) in [4.78, 5) is 29.8. The molecule has 7 rings (SSSR count). The van der Waals surface area contributed by atoms with Crippen molar-refractivity contribution >= 4 is 27.5 Å². The molecule has 0 unspecified atom stereocenters. The lowest BCUT2D eigenvalue weighted by Gasteiger charge is -2.57. The first-order valence-corrected chi connectivity index (χ1v) is 19.1. The molecular formula is C39H49N3O4S. The van der Waals surface area contributed by atoms with Crippen molar-refractivity contribution in [2.75, 3.05) is 17.1 Å². The number of nitrogens with zero attached hydrogens (tertiary/aromatic N) is 2. The minimum atomic E-state index is -3.82. The number of carbonyl (C=O) groups is 2. The van der Waals surface area contributed by atoms with Crippen molar-refractivity contribution in [1.82, 2.24) is 10.2 Å². The van der Waals surface area contributed by atoms with Gasteiger partial charge in [-0.3, -0.25) is 13.9 Å². The summed E-state index contributed by atoms with van der Waals surface area (Å²) >= 11 is 0. The zero-order valence-corrected chi connectivity index (χ0v) is 28.8. The zero-order valence-electron chi connectivity index (χ0n) is 28.0. The van der Waals surface area contributed by atoms with Crippen molar-refractivity contribution in [3.63, 3.8) is 0 Å². The fourth-order valence-electron chi connectivity index (χ4n) is 8.83. The fraction of sp³-hybridized carbons (Fsp3) is 0.487. The second-order valence-electron chi connectivity index (χ2n) is 14.5. The minimum absolute atomic E-state index is 0.0746. The number of carbonyl (C=O) groups excluding carboxylic acids is 2. The molecule has 0 saturated heterocycles. The van der Waals surface area contributed by atoms with E-state index in [1.165, 1.54) is 48.4 Å². The zero-order chi connectivity index (χ0) is 33.2. The Kier molecular flexibility index (Phi) is 9.79. The Hall–Kier alpha value is -3.65. The molecule has 47 heavy (non-hydrogen) atoms. The van der Waals surface area contributed by atoms with Crippen molar-refractivity contribution in [1.29, 1.82) is 0 Å². The third kappa shape index (κ3) is 7.58. The molecule has 0 heterocycles. The van der Waals surface area contributed by atoms with Crippen LogP contribution in [0.3, 0.4) is 0 Å². The van der Waals surface area contributed by atoms with Crippen LogP contribution in [0.1, 0.15) is 75.5 Å². The molecule has 0 aliphatic heterocycles. The smallest absolute Gasteiger partial charge is 0.244 e. The summed E-state index contributed by atoms with van der Waals surface area (Å²) in [7, 11) is -3.82. The first kappa shape index (κ1) is 33.3. The quantitative estimate of drug-likeness (QED) is 0.229. The lowest BCUT2D eigenvalue weighted by atomic mass is 9.48. The van der Waals surface area contributed by atoms with Crippen LogP contribution in [-0.2, 0) is 38.0 Å². The van der Waals surface area contributed by atoms with Gasteiger partial charge in [0.25, 0.3) is 0 Å². The van der Waals surface area contributed by atoms with Gasteiger partial charge in [-0.1, -0.05) is 79.7 Å². The Bertz CT molecular complexity index is 1610. The Balaban J connectivity index is 1.30. The highest BCUT2D eigenvalue weighted by atomic mass is 32.2. The Morgan fingerprint density at radius 2 is 1.36 bits per heavy atom. The molecule has 250 valence electrons. The average Bonchev–Trinajstić information content (AvgIpc) is 3.05. The number of hydrogen-bond acceptors (Lipinski definition) is 4. The maximum absolute atomic E-state index is 14.4. The standard InChI is InChI=1S/C39H49N3O4S/c1-4-28(2)40-38(44)36(22-29-11-7-5-8-12-29)41(26-30-13-9-6-10-14-30)37(43)27-42(47(3,45)46)35-17-15-34(16-18-35)39-23-31-19-32(24-39)21-33(20-31)25-39/h5-18,28,31-33,36H,4,19-27H2,1-3H3,(H,40,44)/t28-,31?,32?,33?,36-,39?/m0/s1. The molecule has 0 aromatic heterocycles. The van der Waals surface area contributed by atoms with E-state index in [2.05, 4.69) is 17.4 Å². The summed E-state index contributed by atoms with van der Waals surface area (Å²) in [6.45, 7) is 3.72. The van der Waals surface area contributed by atoms with Gasteiger partial charge in [0, 0.05) is 19.0 Å². The van der Waals surface area contributed by atoms with Gasteiger partial charge in [-0.25, -0.2) is 8.42 Å². The maximum Gasteiger partial charge on any atom is 0.244 e. The molecule has 0 spiro atoms. The predicted molar refractivity (Wildman–Crippen MR) is 187 cm³/mol. The highest BCUT2D eigenvalue weighted by Crippen LogP contribution is 2.60. The van der Waals surface area contributed by atoms with Crippen molar-refractivity contribution in [3.05, 3.63) is 102 Å². The fourth-order valence-corrected chi connectivity index (χ4v) is 9.68. The van der Waals surface area contributed by atoms with Crippen LogP contribution in [0.25, 0.3) is 0 Å². The van der Waals surface area contributed by atoms with Crippen LogP contribution in [0.15, 0.2) is 84.9 Å². The molecule has 3 aromatic carbocycles. The lowest BCUT2D eigenvalue weighted by Crippen LogP contribution is -2.54. The van der Waals surface area contributed by atoms with E-state index < -0.39 is 28.5 Å². The molecule has 4 bridgehead atoms. The number of anilines is 1. The molecule has 7 nitrogen and oxygen atoms in total. The van der Waals surface area contributed by atoms with E-state index in [-0.39, 0.29) is 23.9 Å².